The smallest absolute Gasteiger partial charge is 0.348 e. The largest absolute Gasteiger partial charge is 0.451 e. The van der Waals surface area contributed by atoms with E-state index >= 15 is 0 Å². The maximum Gasteiger partial charge on any atom is 0.348 e. The Bertz CT molecular complexity index is 1180. The second-order valence-electron chi connectivity index (χ2n) is 6.96. The van der Waals surface area contributed by atoms with E-state index in [1.807, 2.05) is 24.3 Å². The summed E-state index contributed by atoms with van der Waals surface area (Å²) in [6.07, 6.45) is 0. The van der Waals surface area contributed by atoms with Crippen molar-refractivity contribution in [3.8, 4) is 0 Å². The summed E-state index contributed by atoms with van der Waals surface area (Å²) in [5.41, 5.74) is 0. The summed E-state index contributed by atoms with van der Waals surface area (Å²) in [5, 5.41) is 1.41. The van der Waals surface area contributed by atoms with Crippen LogP contribution in [-0.4, -0.2) is 62.3 Å². The number of rotatable bonds is 5. The highest BCUT2D eigenvalue weighted by atomic mass is 35.5. The number of halogens is 1. The quantitative estimate of drug-likeness (QED) is 0.525. The summed E-state index contributed by atoms with van der Waals surface area (Å²) in [7, 11) is -3.65. The van der Waals surface area contributed by atoms with Crippen LogP contribution in [-0.2, 0) is 19.6 Å². The number of ether oxygens (including phenoxy) is 1. The van der Waals surface area contributed by atoms with Crippen LogP contribution in [0, 0.1) is 0 Å². The first-order valence-electron chi connectivity index (χ1n) is 9.54. The lowest BCUT2D eigenvalue weighted by molar-refractivity contribution is -0.135. The third-order valence-corrected chi connectivity index (χ3v) is 8.26. The van der Waals surface area contributed by atoms with Gasteiger partial charge in [-0.2, -0.15) is 4.31 Å². The first-order valence-corrected chi connectivity index (χ1v) is 12.2. The predicted molar refractivity (Wildman–Crippen MR) is 119 cm³/mol. The zero-order chi connectivity index (χ0) is 22.0. The second kappa shape index (κ2) is 8.96. The molecule has 0 spiro atoms. The molecule has 1 aromatic heterocycles. The highest BCUT2D eigenvalue weighted by Gasteiger charge is 2.30. The summed E-state index contributed by atoms with van der Waals surface area (Å²) in [6.45, 7) is 0.414. The van der Waals surface area contributed by atoms with Crippen molar-refractivity contribution in [1.29, 1.82) is 0 Å². The van der Waals surface area contributed by atoms with Crippen LogP contribution in [0.3, 0.4) is 0 Å². The van der Waals surface area contributed by atoms with Gasteiger partial charge in [0.25, 0.3) is 5.91 Å². The number of thiophene rings is 1. The molecule has 7 nitrogen and oxygen atoms in total. The number of esters is 1. The van der Waals surface area contributed by atoms with Gasteiger partial charge in [-0.15, -0.1) is 11.3 Å². The average molecular weight is 479 g/mol. The van der Waals surface area contributed by atoms with E-state index in [-0.39, 0.29) is 43.6 Å². The molecule has 0 N–H and O–H groups in total. The van der Waals surface area contributed by atoms with Crippen LogP contribution in [0.5, 0.6) is 0 Å². The monoisotopic (exact) mass is 478 g/mol. The number of carbonyl (C=O) groups excluding carboxylic acids is 2. The molecule has 1 aliphatic heterocycles. The minimum absolute atomic E-state index is 0.161. The normalized spacial score (nSPS) is 15.2. The highest BCUT2D eigenvalue weighted by molar-refractivity contribution is 7.89. The first-order chi connectivity index (χ1) is 14.8. The van der Waals surface area contributed by atoms with Gasteiger partial charge in [-0.3, -0.25) is 4.79 Å². The standard InChI is InChI=1S/C21H19ClN2O5S2/c22-16-5-7-17(8-6-16)31(27,28)24-11-9-23(10-12-24)20(25)14-29-21(26)19-13-15-3-1-2-4-18(15)30-19/h1-8,13H,9-12,14H2. The van der Waals surface area contributed by atoms with Crippen LogP contribution in [0.2, 0.25) is 5.02 Å². The summed E-state index contributed by atoms with van der Waals surface area (Å²) < 4.78 is 33.0. The topological polar surface area (TPSA) is 84.0 Å². The Hall–Kier alpha value is -2.46. The van der Waals surface area contributed by atoms with E-state index < -0.39 is 16.0 Å². The zero-order valence-corrected chi connectivity index (χ0v) is 18.8. The van der Waals surface area contributed by atoms with Crippen molar-refractivity contribution in [2.24, 2.45) is 0 Å². The van der Waals surface area contributed by atoms with E-state index in [2.05, 4.69) is 0 Å². The van der Waals surface area contributed by atoms with E-state index in [0.29, 0.717) is 9.90 Å². The molecule has 0 aliphatic carbocycles. The van der Waals surface area contributed by atoms with Crippen molar-refractivity contribution in [2.75, 3.05) is 32.8 Å². The Labute approximate surface area is 188 Å². The van der Waals surface area contributed by atoms with Gasteiger partial charge in [0.2, 0.25) is 10.0 Å². The summed E-state index contributed by atoms with van der Waals surface area (Å²) >= 11 is 7.14. The lowest BCUT2D eigenvalue weighted by Gasteiger charge is -2.33. The Morgan fingerprint density at radius 1 is 1.00 bits per heavy atom. The van der Waals surface area contributed by atoms with Gasteiger partial charge in [0, 0.05) is 35.9 Å². The van der Waals surface area contributed by atoms with Crippen LogP contribution in [0.4, 0.5) is 0 Å². The molecule has 1 fully saturated rings. The molecular formula is C21H19ClN2O5S2. The Morgan fingerprint density at radius 3 is 2.35 bits per heavy atom. The van der Waals surface area contributed by atoms with E-state index in [0.717, 1.165) is 10.1 Å². The molecule has 1 amide bonds. The number of amides is 1. The average Bonchev–Trinajstić information content (AvgIpc) is 3.22. The van der Waals surface area contributed by atoms with Crippen LogP contribution >= 0.6 is 22.9 Å². The lowest BCUT2D eigenvalue weighted by atomic mass is 10.2. The molecule has 2 heterocycles. The third-order valence-electron chi connectivity index (χ3n) is 5.00. The van der Waals surface area contributed by atoms with Gasteiger partial charge >= 0.3 is 5.97 Å². The second-order valence-corrected chi connectivity index (χ2v) is 10.4. The van der Waals surface area contributed by atoms with Crippen molar-refractivity contribution >= 4 is 54.9 Å². The molecule has 31 heavy (non-hydrogen) atoms. The van der Waals surface area contributed by atoms with Gasteiger partial charge in [0.1, 0.15) is 4.88 Å². The Kier molecular flexibility index (Phi) is 6.29. The fourth-order valence-corrected chi connectivity index (χ4v) is 5.81. The fourth-order valence-electron chi connectivity index (χ4n) is 3.31. The Balaban J connectivity index is 1.31. The van der Waals surface area contributed by atoms with Gasteiger partial charge in [-0.1, -0.05) is 29.8 Å². The minimum Gasteiger partial charge on any atom is -0.451 e. The van der Waals surface area contributed by atoms with Crippen molar-refractivity contribution in [2.45, 2.75) is 4.90 Å². The van der Waals surface area contributed by atoms with E-state index in [4.69, 9.17) is 16.3 Å². The molecule has 0 radical (unpaired) electrons. The van der Waals surface area contributed by atoms with E-state index in [1.54, 1.807) is 6.07 Å². The van der Waals surface area contributed by atoms with Crippen LogP contribution in [0.15, 0.2) is 59.5 Å². The molecule has 162 valence electrons. The van der Waals surface area contributed by atoms with Crippen molar-refractivity contribution in [1.82, 2.24) is 9.21 Å². The van der Waals surface area contributed by atoms with Crippen LogP contribution in [0.25, 0.3) is 10.1 Å². The van der Waals surface area contributed by atoms with Gasteiger partial charge in [-0.05, 0) is 41.8 Å². The fraction of sp³-hybridized carbons (Fsp3) is 0.238. The SMILES string of the molecule is O=C(OCC(=O)N1CCN(S(=O)(=O)c2ccc(Cl)cc2)CC1)c1cc2ccccc2s1. The van der Waals surface area contributed by atoms with E-state index in [9.17, 15) is 18.0 Å². The molecule has 10 heteroatoms. The lowest BCUT2D eigenvalue weighted by Crippen LogP contribution is -2.51. The molecule has 1 aliphatic rings. The number of fused-ring (bicyclic) bond motifs is 1. The maximum atomic E-state index is 12.7. The third kappa shape index (κ3) is 4.74. The summed E-state index contributed by atoms with van der Waals surface area (Å²) in [6, 6.07) is 15.3. The van der Waals surface area contributed by atoms with Gasteiger partial charge in [0.15, 0.2) is 6.61 Å². The number of hydrogen-bond donors (Lipinski definition) is 0. The molecule has 0 unspecified atom stereocenters. The van der Waals surface area contributed by atoms with Gasteiger partial charge in [-0.25, -0.2) is 13.2 Å². The minimum atomic E-state index is -3.65. The number of sulfonamides is 1. The molecule has 0 saturated carbocycles. The van der Waals surface area contributed by atoms with Crippen LogP contribution < -0.4 is 0 Å². The van der Waals surface area contributed by atoms with Crippen molar-refractivity contribution in [3.63, 3.8) is 0 Å². The summed E-state index contributed by atoms with van der Waals surface area (Å²) in [5.74, 6) is -0.892. The highest BCUT2D eigenvalue weighted by Crippen LogP contribution is 2.26. The maximum absolute atomic E-state index is 12.7. The molecule has 1 saturated heterocycles. The Morgan fingerprint density at radius 2 is 1.68 bits per heavy atom. The van der Waals surface area contributed by atoms with Gasteiger partial charge < -0.3 is 9.64 Å². The van der Waals surface area contributed by atoms with E-state index in [1.165, 1.54) is 44.8 Å². The van der Waals surface area contributed by atoms with Crippen molar-refractivity contribution < 1.29 is 22.7 Å². The zero-order valence-electron chi connectivity index (χ0n) is 16.4. The molecule has 3 aromatic rings. The van der Waals surface area contributed by atoms with Gasteiger partial charge in [0.05, 0.1) is 4.90 Å². The number of benzene rings is 2. The predicted octanol–water partition coefficient (Wildman–Crippen LogP) is 3.24. The van der Waals surface area contributed by atoms with Crippen molar-refractivity contribution in [3.05, 3.63) is 64.5 Å². The number of piperazine rings is 1. The number of hydrogen-bond acceptors (Lipinski definition) is 6. The van der Waals surface area contributed by atoms with Crippen LogP contribution in [0.1, 0.15) is 9.67 Å². The molecule has 4 rings (SSSR count). The first kappa shape index (κ1) is 21.8. The molecule has 0 bridgehead atoms. The molecular weight excluding hydrogens is 460 g/mol. The molecule has 2 aromatic carbocycles. The number of carbonyl (C=O) groups is 2. The summed E-state index contributed by atoms with van der Waals surface area (Å²) in [4.78, 5) is 26.8. The molecule has 0 atom stereocenters. The number of nitrogens with zero attached hydrogens (tertiary/aromatic N) is 2.